The second-order valence-electron chi connectivity index (χ2n) is 3.20. The van der Waals surface area contributed by atoms with E-state index >= 15 is 0 Å². The Labute approximate surface area is 67.0 Å². The van der Waals surface area contributed by atoms with Gasteiger partial charge in [0.2, 0.25) is 0 Å². The van der Waals surface area contributed by atoms with Crippen LogP contribution < -0.4 is 0 Å². The quantitative estimate of drug-likeness (QED) is 0.594. The third-order valence-corrected chi connectivity index (χ3v) is 2.38. The Morgan fingerprint density at radius 1 is 1.27 bits per heavy atom. The van der Waals surface area contributed by atoms with Crippen LogP contribution in [0.15, 0.2) is 30.3 Å². The average Bonchev–Trinajstić information content (AvgIpc) is 2.02. The van der Waals surface area contributed by atoms with E-state index in [1.54, 1.807) is 0 Å². The molecule has 0 N–H and O–H groups in total. The van der Waals surface area contributed by atoms with Crippen molar-refractivity contribution in [1.29, 1.82) is 0 Å². The summed E-state index contributed by atoms with van der Waals surface area (Å²) in [7, 11) is 0. The summed E-state index contributed by atoms with van der Waals surface area (Å²) in [5, 5.41) is 0. The van der Waals surface area contributed by atoms with Crippen LogP contribution >= 0.6 is 0 Å². The molecule has 1 aromatic carbocycles. The maximum absolute atomic E-state index is 5.50. The molecule has 1 heterocycles. The Bertz CT molecular complexity index is 236. The summed E-state index contributed by atoms with van der Waals surface area (Å²) in [5.41, 5.74) is 1.31. The Morgan fingerprint density at radius 3 is 2.36 bits per heavy atom. The lowest BCUT2D eigenvalue weighted by molar-refractivity contribution is -0.140. The molecule has 58 valence electrons. The molecule has 0 aromatic heterocycles. The fourth-order valence-electron chi connectivity index (χ4n) is 1.43. The van der Waals surface area contributed by atoms with Crippen LogP contribution in [0, 0.1) is 0 Å². The minimum absolute atomic E-state index is 0.0151. The van der Waals surface area contributed by atoms with E-state index in [-0.39, 0.29) is 5.60 Å². The van der Waals surface area contributed by atoms with Crippen molar-refractivity contribution < 1.29 is 4.74 Å². The zero-order chi connectivity index (χ0) is 7.73. The van der Waals surface area contributed by atoms with Gasteiger partial charge in [-0.1, -0.05) is 30.3 Å². The van der Waals surface area contributed by atoms with Gasteiger partial charge >= 0.3 is 0 Å². The van der Waals surface area contributed by atoms with Crippen molar-refractivity contribution in [2.24, 2.45) is 0 Å². The molecule has 1 fully saturated rings. The third kappa shape index (κ3) is 1.05. The summed E-state index contributed by atoms with van der Waals surface area (Å²) in [6.45, 7) is 3.05. The number of rotatable bonds is 1. The smallest absolute Gasteiger partial charge is 0.0925 e. The Morgan fingerprint density at radius 2 is 1.91 bits per heavy atom. The zero-order valence-corrected chi connectivity index (χ0v) is 6.71. The van der Waals surface area contributed by atoms with Gasteiger partial charge in [-0.2, -0.15) is 0 Å². The van der Waals surface area contributed by atoms with Crippen LogP contribution in [0.25, 0.3) is 0 Å². The summed E-state index contributed by atoms with van der Waals surface area (Å²) in [4.78, 5) is 0. The first-order valence-corrected chi connectivity index (χ1v) is 4.01. The highest BCUT2D eigenvalue weighted by atomic mass is 16.5. The molecule has 11 heavy (non-hydrogen) atoms. The largest absolute Gasteiger partial charge is 0.370 e. The molecule has 2 rings (SSSR count). The first-order valence-electron chi connectivity index (χ1n) is 4.01. The topological polar surface area (TPSA) is 9.23 Å². The Balaban J connectivity index is 2.29. The molecule has 0 spiro atoms. The molecule has 1 saturated heterocycles. The lowest BCUT2D eigenvalue weighted by Gasteiger charge is -2.39. The fourth-order valence-corrected chi connectivity index (χ4v) is 1.43. The SMILES string of the molecule is C[C@]1(c2ccccc2)CCO1. The highest BCUT2D eigenvalue weighted by Crippen LogP contribution is 2.36. The van der Waals surface area contributed by atoms with Crippen LogP contribution in [-0.2, 0) is 10.3 Å². The molecule has 1 atom stereocenters. The lowest BCUT2D eigenvalue weighted by Crippen LogP contribution is -2.37. The molecule has 0 unspecified atom stereocenters. The van der Waals surface area contributed by atoms with Crippen molar-refractivity contribution in [1.82, 2.24) is 0 Å². The van der Waals surface area contributed by atoms with Crippen LogP contribution in [-0.4, -0.2) is 6.61 Å². The minimum Gasteiger partial charge on any atom is -0.370 e. The second-order valence-corrected chi connectivity index (χ2v) is 3.20. The molecule has 0 bridgehead atoms. The Kier molecular flexibility index (Phi) is 1.46. The molecule has 1 nitrogen and oxygen atoms in total. The summed E-state index contributed by atoms with van der Waals surface area (Å²) in [5.74, 6) is 0. The average molecular weight is 148 g/mol. The molecule has 1 aliphatic heterocycles. The van der Waals surface area contributed by atoms with Gasteiger partial charge in [-0.25, -0.2) is 0 Å². The van der Waals surface area contributed by atoms with Gasteiger partial charge in [0.05, 0.1) is 12.2 Å². The zero-order valence-electron chi connectivity index (χ0n) is 6.71. The summed E-state index contributed by atoms with van der Waals surface area (Å²) in [6, 6.07) is 10.4. The predicted octanol–water partition coefficient (Wildman–Crippen LogP) is 2.32. The highest BCUT2D eigenvalue weighted by Gasteiger charge is 2.34. The van der Waals surface area contributed by atoms with Crippen LogP contribution in [0.3, 0.4) is 0 Å². The first-order chi connectivity index (χ1) is 5.31. The van der Waals surface area contributed by atoms with Gasteiger partial charge in [0.1, 0.15) is 0 Å². The van der Waals surface area contributed by atoms with Gasteiger partial charge in [-0.15, -0.1) is 0 Å². The van der Waals surface area contributed by atoms with Crippen LogP contribution in [0.5, 0.6) is 0 Å². The van der Waals surface area contributed by atoms with E-state index in [4.69, 9.17) is 4.74 Å². The fraction of sp³-hybridized carbons (Fsp3) is 0.400. The molecule has 1 aromatic rings. The number of ether oxygens (including phenoxy) is 1. The summed E-state index contributed by atoms with van der Waals surface area (Å²) in [6.07, 6.45) is 1.15. The van der Waals surface area contributed by atoms with E-state index in [0.29, 0.717) is 0 Å². The van der Waals surface area contributed by atoms with E-state index in [1.165, 1.54) is 5.56 Å². The monoisotopic (exact) mass is 148 g/mol. The maximum atomic E-state index is 5.50. The standard InChI is InChI=1S/C10H12O/c1-10(7-8-11-10)9-5-3-2-4-6-9/h2-6H,7-8H2,1H3/t10-/m1/s1. The van der Waals surface area contributed by atoms with E-state index in [9.17, 15) is 0 Å². The van der Waals surface area contributed by atoms with E-state index in [0.717, 1.165) is 13.0 Å². The molecule has 1 aliphatic rings. The maximum Gasteiger partial charge on any atom is 0.0925 e. The summed E-state index contributed by atoms with van der Waals surface area (Å²) < 4.78 is 5.50. The van der Waals surface area contributed by atoms with E-state index < -0.39 is 0 Å². The minimum atomic E-state index is 0.0151. The van der Waals surface area contributed by atoms with Crippen molar-refractivity contribution in [3.05, 3.63) is 35.9 Å². The molecule has 0 amide bonds. The van der Waals surface area contributed by atoms with Crippen molar-refractivity contribution in [2.75, 3.05) is 6.61 Å². The van der Waals surface area contributed by atoms with Gasteiger partial charge in [0, 0.05) is 6.42 Å². The molecule has 0 saturated carbocycles. The van der Waals surface area contributed by atoms with Crippen LogP contribution in [0.4, 0.5) is 0 Å². The van der Waals surface area contributed by atoms with Crippen molar-refractivity contribution in [3.8, 4) is 0 Å². The van der Waals surface area contributed by atoms with Crippen molar-refractivity contribution in [2.45, 2.75) is 18.9 Å². The van der Waals surface area contributed by atoms with E-state index in [1.807, 2.05) is 6.07 Å². The van der Waals surface area contributed by atoms with E-state index in [2.05, 4.69) is 31.2 Å². The number of benzene rings is 1. The highest BCUT2D eigenvalue weighted by molar-refractivity contribution is 5.23. The van der Waals surface area contributed by atoms with Crippen molar-refractivity contribution in [3.63, 3.8) is 0 Å². The normalized spacial score (nSPS) is 29.5. The number of hydrogen-bond donors (Lipinski definition) is 0. The molecule has 1 heteroatoms. The van der Waals surface area contributed by atoms with Crippen molar-refractivity contribution >= 4 is 0 Å². The van der Waals surface area contributed by atoms with Gasteiger partial charge in [-0.3, -0.25) is 0 Å². The van der Waals surface area contributed by atoms with Gasteiger partial charge in [0.25, 0.3) is 0 Å². The third-order valence-electron chi connectivity index (χ3n) is 2.38. The molecular formula is C10H12O. The summed E-state index contributed by atoms with van der Waals surface area (Å²) >= 11 is 0. The van der Waals surface area contributed by atoms with Gasteiger partial charge < -0.3 is 4.74 Å². The van der Waals surface area contributed by atoms with Gasteiger partial charge in [-0.05, 0) is 12.5 Å². The van der Waals surface area contributed by atoms with Crippen LogP contribution in [0.1, 0.15) is 18.9 Å². The molecule has 0 aliphatic carbocycles. The molecular weight excluding hydrogens is 136 g/mol. The molecule has 0 radical (unpaired) electrons. The predicted molar refractivity (Wildman–Crippen MR) is 44.4 cm³/mol. The van der Waals surface area contributed by atoms with Crippen LogP contribution in [0.2, 0.25) is 0 Å². The first kappa shape index (κ1) is 6.86. The number of hydrogen-bond acceptors (Lipinski definition) is 1. The second kappa shape index (κ2) is 2.35. The lowest BCUT2D eigenvalue weighted by atomic mass is 9.89. The Hall–Kier alpha value is -0.820. The van der Waals surface area contributed by atoms with Gasteiger partial charge in [0.15, 0.2) is 0 Å².